The lowest BCUT2D eigenvalue weighted by atomic mass is 9.86. The molecule has 1 N–H and O–H groups in total. The van der Waals surface area contributed by atoms with Crippen LogP contribution >= 0.6 is 0 Å². The van der Waals surface area contributed by atoms with Crippen molar-refractivity contribution in [1.82, 2.24) is 5.32 Å². The number of hydrogen-bond donors (Lipinski definition) is 1. The van der Waals surface area contributed by atoms with Crippen molar-refractivity contribution in [3.05, 3.63) is 12.2 Å². The summed E-state index contributed by atoms with van der Waals surface area (Å²) in [5.41, 5.74) is 0.429. The minimum Gasteiger partial charge on any atom is -0.372 e. The number of hydrogen-bond acceptors (Lipinski definition) is 2. The van der Waals surface area contributed by atoms with E-state index < -0.39 is 0 Å². The average Bonchev–Trinajstić information content (AvgIpc) is 2.19. The van der Waals surface area contributed by atoms with Crippen molar-refractivity contribution in [1.29, 1.82) is 0 Å². The Morgan fingerprint density at radius 3 is 2.86 bits per heavy atom. The summed E-state index contributed by atoms with van der Waals surface area (Å²) < 4.78 is 5.58. The molecule has 1 rings (SSSR count). The molecular weight excluding hydrogens is 174 g/mol. The van der Waals surface area contributed by atoms with E-state index in [0.29, 0.717) is 5.41 Å². The Balaban J connectivity index is 2.25. The second kappa shape index (κ2) is 5.52. The number of nitrogens with one attached hydrogen (secondary N) is 1. The molecule has 1 aliphatic heterocycles. The predicted octanol–water partition coefficient (Wildman–Crippen LogP) is 2.36. The molecule has 82 valence electrons. The van der Waals surface area contributed by atoms with Crippen LogP contribution in [0.1, 0.15) is 33.6 Å². The summed E-state index contributed by atoms with van der Waals surface area (Å²) in [5.74, 6) is 0. The molecule has 1 fully saturated rings. The highest BCUT2D eigenvalue weighted by atomic mass is 16.5. The van der Waals surface area contributed by atoms with E-state index in [2.05, 4.69) is 38.2 Å². The van der Waals surface area contributed by atoms with Crippen LogP contribution in [0.5, 0.6) is 0 Å². The van der Waals surface area contributed by atoms with E-state index in [1.54, 1.807) is 0 Å². The SMILES string of the molecule is CCC(C)(C)C/C=C/C1CNCCO1. The predicted molar refractivity (Wildman–Crippen MR) is 60.4 cm³/mol. The lowest BCUT2D eigenvalue weighted by Gasteiger charge is -2.22. The molecule has 0 aromatic heterocycles. The van der Waals surface area contributed by atoms with Crippen LogP contribution in [-0.4, -0.2) is 25.8 Å². The van der Waals surface area contributed by atoms with Gasteiger partial charge in [-0.15, -0.1) is 0 Å². The molecular formula is C12H23NO. The molecule has 0 spiro atoms. The first kappa shape index (κ1) is 11.7. The van der Waals surface area contributed by atoms with Crippen molar-refractivity contribution in [3.8, 4) is 0 Å². The van der Waals surface area contributed by atoms with Gasteiger partial charge in [-0.25, -0.2) is 0 Å². The molecule has 1 aliphatic rings. The van der Waals surface area contributed by atoms with Gasteiger partial charge in [0.2, 0.25) is 0 Å². The number of allylic oxidation sites excluding steroid dienone is 1. The van der Waals surface area contributed by atoms with Gasteiger partial charge >= 0.3 is 0 Å². The van der Waals surface area contributed by atoms with Gasteiger partial charge in [0.25, 0.3) is 0 Å². The smallest absolute Gasteiger partial charge is 0.0880 e. The maximum Gasteiger partial charge on any atom is 0.0880 e. The Hall–Kier alpha value is -0.340. The minimum absolute atomic E-state index is 0.288. The monoisotopic (exact) mass is 197 g/mol. The highest BCUT2D eigenvalue weighted by molar-refractivity contribution is 4.94. The average molecular weight is 197 g/mol. The van der Waals surface area contributed by atoms with Gasteiger partial charge in [-0.2, -0.15) is 0 Å². The molecule has 0 aromatic rings. The fraction of sp³-hybridized carbons (Fsp3) is 0.833. The van der Waals surface area contributed by atoms with E-state index in [0.717, 1.165) is 26.1 Å². The molecule has 0 saturated carbocycles. The fourth-order valence-corrected chi connectivity index (χ4v) is 1.39. The molecule has 1 heterocycles. The van der Waals surface area contributed by atoms with Crippen molar-refractivity contribution in [3.63, 3.8) is 0 Å². The van der Waals surface area contributed by atoms with E-state index >= 15 is 0 Å². The van der Waals surface area contributed by atoms with Gasteiger partial charge in [-0.3, -0.25) is 0 Å². The number of morpholine rings is 1. The van der Waals surface area contributed by atoms with Crippen LogP contribution in [0.3, 0.4) is 0 Å². The quantitative estimate of drug-likeness (QED) is 0.699. The van der Waals surface area contributed by atoms with E-state index in [1.165, 1.54) is 6.42 Å². The minimum atomic E-state index is 0.288. The molecule has 0 aromatic carbocycles. The van der Waals surface area contributed by atoms with E-state index in [9.17, 15) is 0 Å². The van der Waals surface area contributed by atoms with Crippen LogP contribution < -0.4 is 5.32 Å². The third-order valence-corrected chi connectivity index (χ3v) is 2.93. The van der Waals surface area contributed by atoms with Gasteiger partial charge in [0.15, 0.2) is 0 Å². The molecule has 1 saturated heterocycles. The Labute approximate surface area is 87.7 Å². The van der Waals surface area contributed by atoms with Gasteiger partial charge < -0.3 is 10.1 Å². The van der Waals surface area contributed by atoms with Crippen molar-refractivity contribution in [2.75, 3.05) is 19.7 Å². The Morgan fingerprint density at radius 1 is 1.50 bits per heavy atom. The van der Waals surface area contributed by atoms with Gasteiger partial charge in [-0.1, -0.05) is 39.3 Å². The lowest BCUT2D eigenvalue weighted by molar-refractivity contribution is 0.0588. The summed E-state index contributed by atoms with van der Waals surface area (Å²) in [6.07, 6.45) is 7.12. The third-order valence-electron chi connectivity index (χ3n) is 2.93. The van der Waals surface area contributed by atoms with Crippen LogP contribution in [0.15, 0.2) is 12.2 Å². The van der Waals surface area contributed by atoms with E-state index in [1.807, 2.05) is 0 Å². The van der Waals surface area contributed by atoms with Crippen molar-refractivity contribution >= 4 is 0 Å². The highest BCUT2D eigenvalue weighted by Gasteiger charge is 2.13. The highest BCUT2D eigenvalue weighted by Crippen LogP contribution is 2.24. The normalized spacial score (nSPS) is 24.4. The largest absolute Gasteiger partial charge is 0.372 e. The Kier molecular flexibility index (Phi) is 4.63. The van der Waals surface area contributed by atoms with Gasteiger partial charge in [0.1, 0.15) is 0 Å². The summed E-state index contributed by atoms with van der Waals surface area (Å²) in [6, 6.07) is 0. The zero-order chi connectivity index (χ0) is 10.4. The first-order valence-electron chi connectivity index (χ1n) is 5.63. The maximum atomic E-state index is 5.58. The van der Waals surface area contributed by atoms with E-state index in [4.69, 9.17) is 4.74 Å². The Morgan fingerprint density at radius 2 is 2.29 bits per heavy atom. The summed E-state index contributed by atoms with van der Waals surface area (Å²) in [7, 11) is 0. The van der Waals surface area contributed by atoms with Gasteiger partial charge in [-0.05, 0) is 11.8 Å². The number of ether oxygens (including phenoxy) is 1. The van der Waals surface area contributed by atoms with Crippen LogP contribution in [0.2, 0.25) is 0 Å². The first-order chi connectivity index (χ1) is 6.64. The lowest BCUT2D eigenvalue weighted by Crippen LogP contribution is -2.37. The topological polar surface area (TPSA) is 21.3 Å². The molecule has 0 amide bonds. The molecule has 2 nitrogen and oxygen atoms in total. The van der Waals surface area contributed by atoms with Crippen LogP contribution in [0.4, 0.5) is 0 Å². The second-order valence-electron chi connectivity index (χ2n) is 4.76. The number of rotatable bonds is 4. The van der Waals surface area contributed by atoms with E-state index in [-0.39, 0.29) is 6.10 Å². The summed E-state index contributed by atoms with van der Waals surface area (Å²) in [4.78, 5) is 0. The van der Waals surface area contributed by atoms with Gasteiger partial charge in [0, 0.05) is 13.1 Å². The van der Waals surface area contributed by atoms with Crippen LogP contribution in [0, 0.1) is 5.41 Å². The van der Waals surface area contributed by atoms with Crippen molar-refractivity contribution in [2.45, 2.75) is 39.7 Å². The standard InChI is InChI=1S/C12H23NO/c1-4-12(2,3)7-5-6-11-10-13-8-9-14-11/h5-6,11,13H,4,7-10H2,1-3H3/b6-5+. The van der Waals surface area contributed by atoms with Gasteiger partial charge in [0.05, 0.1) is 12.7 Å². The second-order valence-corrected chi connectivity index (χ2v) is 4.76. The fourth-order valence-electron chi connectivity index (χ4n) is 1.39. The van der Waals surface area contributed by atoms with Crippen LogP contribution in [0.25, 0.3) is 0 Å². The summed E-state index contributed by atoms with van der Waals surface area (Å²) in [6.45, 7) is 9.64. The van der Waals surface area contributed by atoms with Crippen molar-refractivity contribution in [2.24, 2.45) is 5.41 Å². The Bertz CT molecular complexity index is 181. The molecule has 14 heavy (non-hydrogen) atoms. The molecule has 1 atom stereocenters. The molecule has 0 aliphatic carbocycles. The summed E-state index contributed by atoms with van der Waals surface area (Å²) >= 11 is 0. The van der Waals surface area contributed by atoms with Crippen molar-refractivity contribution < 1.29 is 4.74 Å². The summed E-state index contributed by atoms with van der Waals surface area (Å²) in [5, 5.41) is 3.32. The maximum absolute atomic E-state index is 5.58. The molecule has 0 bridgehead atoms. The molecule has 0 radical (unpaired) electrons. The molecule has 1 unspecified atom stereocenters. The first-order valence-corrected chi connectivity index (χ1v) is 5.63. The zero-order valence-corrected chi connectivity index (χ0v) is 9.68. The molecule has 2 heteroatoms. The third kappa shape index (κ3) is 4.25. The zero-order valence-electron chi connectivity index (χ0n) is 9.68. The van der Waals surface area contributed by atoms with Crippen LogP contribution in [-0.2, 0) is 4.74 Å².